The summed E-state index contributed by atoms with van der Waals surface area (Å²) in [5.74, 6) is 1.48. The van der Waals surface area contributed by atoms with E-state index < -0.39 is 0 Å². The minimum absolute atomic E-state index is 0.673. The first kappa shape index (κ1) is 13.1. The lowest BCUT2D eigenvalue weighted by Crippen LogP contribution is -2.04. The highest BCUT2D eigenvalue weighted by Crippen LogP contribution is 2.31. The lowest BCUT2D eigenvalue weighted by molar-refractivity contribution is 0.616. The van der Waals surface area contributed by atoms with Crippen molar-refractivity contribution in [3.63, 3.8) is 0 Å². The maximum absolute atomic E-state index is 5.56. The van der Waals surface area contributed by atoms with Gasteiger partial charge in [0.1, 0.15) is 17.7 Å². The first-order valence-corrected chi connectivity index (χ1v) is 7.24. The average Bonchev–Trinajstić information content (AvgIpc) is 2.88. The van der Waals surface area contributed by atoms with Crippen LogP contribution in [0, 0.1) is 6.92 Å². The van der Waals surface area contributed by atoms with E-state index in [4.69, 9.17) is 4.42 Å². The van der Waals surface area contributed by atoms with Crippen molar-refractivity contribution in [3.05, 3.63) is 40.7 Å². The largest absolute Gasteiger partial charge is 0.464 e. The van der Waals surface area contributed by atoms with E-state index in [1.807, 2.05) is 38.1 Å². The molecule has 0 saturated heterocycles. The van der Waals surface area contributed by atoms with Gasteiger partial charge >= 0.3 is 0 Å². The zero-order valence-electron chi connectivity index (χ0n) is 11.3. The molecule has 0 unspecified atom stereocenters. The van der Waals surface area contributed by atoms with Crippen molar-refractivity contribution >= 4 is 32.7 Å². The summed E-state index contributed by atoms with van der Waals surface area (Å²) in [6.07, 6.45) is 1.71. The number of furan rings is 1. The van der Waals surface area contributed by atoms with Crippen LogP contribution >= 0.6 is 15.9 Å². The number of halogens is 1. The molecule has 20 heavy (non-hydrogen) atoms. The van der Waals surface area contributed by atoms with Gasteiger partial charge in [0.25, 0.3) is 0 Å². The number of nitrogens with zero attached hydrogens (tertiary/aromatic N) is 2. The Balaban J connectivity index is 2.19. The molecule has 0 radical (unpaired) electrons. The Morgan fingerprint density at radius 1 is 1.25 bits per heavy atom. The van der Waals surface area contributed by atoms with E-state index in [1.54, 1.807) is 6.26 Å². The van der Waals surface area contributed by atoms with E-state index in [0.29, 0.717) is 5.82 Å². The first-order chi connectivity index (χ1) is 9.70. The zero-order chi connectivity index (χ0) is 14.1. The van der Waals surface area contributed by atoms with Crippen LogP contribution in [0.3, 0.4) is 0 Å². The van der Waals surface area contributed by atoms with Crippen molar-refractivity contribution in [2.75, 3.05) is 11.9 Å². The van der Waals surface area contributed by atoms with Crippen LogP contribution in [0.5, 0.6) is 0 Å². The van der Waals surface area contributed by atoms with E-state index in [9.17, 15) is 0 Å². The van der Waals surface area contributed by atoms with Crippen molar-refractivity contribution in [2.45, 2.75) is 13.8 Å². The quantitative estimate of drug-likeness (QED) is 0.773. The second-order valence-electron chi connectivity index (χ2n) is 4.47. The summed E-state index contributed by atoms with van der Waals surface area (Å²) in [4.78, 5) is 9.14. The number of hydrogen-bond acceptors (Lipinski definition) is 4. The van der Waals surface area contributed by atoms with Gasteiger partial charge in [-0.15, -0.1) is 0 Å². The maximum atomic E-state index is 5.56. The van der Waals surface area contributed by atoms with Gasteiger partial charge in [-0.1, -0.05) is 18.2 Å². The molecule has 2 aromatic heterocycles. The molecule has 3 rings (SSSR count). The summed E-state index contributed by atoms with van der Waals surface area (Å²) in [5, 5.41) is 4.26. The monoisotopic (exact) mass is 331 g/mol. The van der Waals surface area contributed by atoms with Gasteiger partial charge in [-0.25, -0.2) is 9.97 Å². The molecule has 0 aliphatic carbocycles. The fraction of sp³-hybridized carbons (Fsp3) is 0.200. The molecule has 0 aliphatic rings. The molecule has 0 fully saturated rings. The molecule has 5 heteroatoms. The molecule has 1 aromatic carbocycles. The number of rotatable bonds is 3. The normalized spacial score (nSPS) is 10.9. The number of para-hydroxylation sites is 1. The Kier molecular flexibility index (Phi) is 3.44. The van der Waals surface area contributed by atoms with Gasteiger partial charge in [-0.05, 0) is 35.8 Å². The Hall–Kier alpha value is -1.88. The highest BCUT2D eigenvalue weighted by Gasteiger charge is 2.14. The third kappa shape index (κ3) is 2.18. The summed E-state index contributed by atoms with van der Waals surface area (Å²) in [6.45, 7) is 4.80. The SMILES string of the molecule is CCNc1nc(-c2coc3ccccc23)nc(C)c1Br. The van der Waals surface area contributed by atoms with Gasteiger partial charge in [-0.3, -0.25) is 0 Å². The third-order valence-electron chi connectivity index (χ3n) is 3.08. The number of benzene rings is 1. The molecule has 0 spiro atoms. The van der Waals surface area contributed by atoms with Crippen molar-refractivity contribution in [1.82, 2.24) is 9.97 Å². The highest BCUT2D eigenvalue weighted by atomic mass is 79.9. The molecule has 4 nitrogen and oxygen atoms in total. The predicted molar refractivity (Wildman–Crippen MR) is 83.8 cm³/mol. The van der Waals surface area contributed by atoms with Gasteiger partial charge in [-0.2, -0.15) is 0 Å². The maximum Gasteiger partial charge on any atom is 0.165 e. The second-order valence-corrected chi connectivity index (χ2v) is 5.26. The molecule has 102 valence electrons. The number of anilines is 1. The standard InChI is InChI=1S/C15H14BrN3O/c1-3-17-15-13(16)9(2)18-14(19-15)11-8-20-12-7-5-4-6-10(11)12/h4-8H,3H2,1-2H3,(H,17,18,19). The number of nitrogens with one attached hydrogen (secondary N) is 1. The Morgan fingerprint density at radius 3 is 2.85 bits per heavy atom. The summed E-state index contributed by atoms with van der Waals surface area (Å²) < 4.78 is 6.46. The molecule has 0 atom stereocenters. The van der Waals surface area contributed by atoms with Crippen LogP contribution in [0.2, 0.25) is 0 Å². The van der Waals surface area contributed by atoms with Crippen molar-refractivity contribution < 1.29 is 4.42 Å². The summed E-state index contributed by atoms with van der Waals surface area (Å²) >= 11 is 3.52. The second kappa shape index (κ2) is 5.25. The van der Waals surface area contributed by atoms with Crippen LogP contribution in [-0.2, 0) is 0 Å². The van der Waals surface area contributed by atoms with Crippen molar-refractivity contribution in [1.29, 1.82) is 0 Å². The Bertz CT molecular complexity index is 767. The molecule has 2 heterocycles. The first-order valence-electron chi connectivity index (χ1n) is 6.45. The number of hydrogen-bond donors (Lipinski definition) is 1. The zero-order valence-corrected chi connectivity index (χ0v) is 12.9. The van der Waals surface area contributed by atoms with E-state index >= 15 is 0 Å². The summed E-state index contributed by atoms with van der Waals surface area (Å²) in [5.41, 5.74) is 2.66. The minimum Gasteiger partial charge on any atom is -0.464 e. The van der Waals surface area contributed by atoms with Crippen molar-refractivity contribution in [2.24, 2.45) is 0 Å². The lowest BCUT2D eigenvalue weighted by Gasteiger charge is -2.09. The van der Waals surface area contributed by atoms with Crippen molar-refractivity contribution in [3.8, 4) is 11.4 Å². The highest BCUT2D eigenvalue weighted by molar-refractivity contribution is 9.10. The van der Waals surface area contributed by atoms with Gasteiger partial charge < -0.3 is 9.73 Å². The third-order valence-corrected chi connectivity index (χ3v) is 4.03. The molecule has 3 aromatic rings. The topological polar surface area (TPSA) is 51.0 Å². The van der Waals surface area contributed by atoms with Gasteiger partial charge in [0.05, 0.1) is 15.7 Å². The van der Waals surface area contributed by atoms with E-state index in [0.717, 1.165) is 39.1 Å². The molecule has 1 N–H and O–H groups in total. The van der Waals surface area contributed by atoms with Crippen LogP contribution in [0.4, 0.5) is 5.82 Å². The van der Waals surface area contributed by atoms with Gasteiger partial charge in [0.2, 0.25) is 0 Å². The van der Waals surface area contributed by atoms with E-state index in [2.05, 4.69) is 31.2 Å². The van der Waals surface area contributed by atoms with Gasteiger partial charge in [0.15, 0.2) is 5.82 Å². The van der Waals surface area contributed by atoms with E-state index in [1.165, 1.54) is 0 Å². The fourth-order valence-electron chi connectivity index (χ4n) is 2.12. The van der Waals surface area contributed by atoms with Crippen LogP contribution in [-0.4, -0.2) is 16.5 Å². The number of fused-ring (bicyclic) bond motifs is 1. The number of aryl methyl sites for hydroxylation is 1. The smallest absolute Gasteiger partial charge is 0.165 e. The van der Waals surface area contributed by atoms with Crippen LogP contribution in [0.1, 0.15) is 12.6 Å². The molecule has 0 amide bonds. The average molecular weight is 332 g/mol. The van der Waals surface area contributed by atoms with Crippen LogP contribution < -0.4 is 5.32 Å². The molecule has 0 saturated carbocycles. The fourth-order valence-corrected chi connectivity index (χ4v) is 2.43. The van der Waals surface area contributed by atoms with Crippen LogP contribution in [0.15, 0.2) is 39.4 Å². The molecular weight excluding hydrogens is 318 g/mol. The molecule has 0 aliphatic heterocycles. The summed E-state index contributed by atoms with van der Waals surface area (Å²) in [6, 6.07) is 7.89. The minimum atomic E-state index is 0.673. The lowest BCUT2D eigenvalue weighted by atomic mass is 10.1. The number of aromatic nitrogens is 2. The van der Waals surface area contributed by atoms with Crippen LogP contribution in [0.25, 0.3) is 22.4 Å². The molecular formula is C15H14BrN3O. The van der Waals surface area contributed by atoms with E-state index in [-0.39, 0.29) is 0 Å². The Labute approximate surface area is 125 Å². The Morgan fingerprint density at radius 2 is 2.05 bits per heavy atom. The van der Waals surface area contributed by atoms with Gasteiger partial charge in [0, 0.05) is 11.9 Å². The predicted octanol–water partition coefficient (Wildman–Crippen LogP) is 4.39. The summed E-state index contributed by atoms with van der Waals surface area (Å²) in [7, 11) is 0. The molecule has 0 bridgehead atoms.